The number of hydrogen-bond acceptors (Lipinski definition) is 3. The molecule has 0 fully saturated rings. The van der Waals surface area contributed by atoms with Gasteiger partial charge in [-0.15, -0.1) is 0 Å². The van der Waals surface area contributed by atoms with Crippen LogP contribution in [0.1, 0.15) is 12.0 Å². The molecule has 0 amide bonds. The number of benzene rings is 1. The highest BCUT2D eigenvalue weighted by molar-refractivity contribution is 5.44. The standard InChI is InChI=1S/C11H15F2NO2/c1-15-9-4-3-8(7-10(9)16-2)11(12,13)5-6-14/h3-4,7H,5-6,14H2,1-2H3. The van der Waals surface area contributed by atoms with E-state index in [2.05, 4.69) is 0 Å². The van der Waals surface area contributed by atoms with Gasteiger partial charge in [-0.3, -0.25) is 0 Å². The lowest BCUT2D eigenvalue weighted by molar-refractivity contribution is -0.0109. The van der Waals surface area contributed by atoms with Crippen molar-refractivity contribution in [3.8, 4) is 11.5 Å². The van der Waals surface area contributed by atoms with Gasteiger partial charge in [0.1, 0.15) is 0 Å². The molecule has 0 aliphatic carbocycles. The maximum atomic E-state index is 13.5. The summed E-state index contributed by atoms with van der Waals surface area (Å²) in [6, 6.07) is 4.05. The zero-order valence-electron chi connectivity index (χ0n) is 9.30. The number of alkyl halides is 2. The van der Waals surface area contributed by atoms with E-state index in [0.29, 0.717) is 5.75 Å². The lowest BCUT2D eigenvalue weighted by atomic mass is 10.0. The molecule has 0 aliphatic heterocycles. The maximum absolute atomic E-state index is 13.5. The Morgan fingerprint density at radius 2 is 1.81 bits per heavy atom. The highest BCUT2D eigenvalue weighted by Gasteiger charge is 2.31. The zero-order chi connectivity index (χ0) is 12.2. The quantitative estimate of drug-likeness (QED) is 0.844. The van der Waals surface area contributed by atoms with Crippen LogP contribution in [0.2, 0.25) is 0 Å². The van der Waals surface area contributed by atoms with E-state index in [0.717, 1.165) is 0 Å². The molecule has 0 spiro atoms. The Labute approximate surface area is 93.2 Å². The van der Waals surface area contributed by atoms with Crippen molar-refractivity contribution >= 4 is 0 Å². The van der Waals surface area contributed by atoms with Crippen LogP contribution in [0.5, 0.6) is 11.5 Å². The molecule has 0 unspecified atom stereocenters. The van der Waals surface area contributed by atoms with Gasteiger partial charge in [0.05, 0.1) is 14.2 Å². The fourth-order valence-electron chi connectivity index (χ4n) is 1.39. The number of hydrogen-bond donors (Lipinski definition) is 1. The molecule has 0 aliphatic rings. The summed E-state index contributed by atoms with van der Waals surface area (Å²) in [5.74, 6) is -2.22. The predicted octanol–water partition coefficient (Wildman–Crippen LogP) is 2.14. The van der Waals surface area contributed by atoms with E-state index < -0.39 is 5.92 Å². The van der Waals surface area contributed by atoms with Crippen LogP contribution in [0, 0.1) is 0 Å². The highest BCUT2D eigenvalue weighted by atomic mass is 19.3. The highest BCUT2D eigenvalue weighted by Crippen LogP contribution is 2.36. The van der Waals surface area contributed by atoms with Gasteiger partial charge in [-0.2, -0.15) is 0 Å². The van der Waals surface area contributed by atoms with Crippen molar-refractivity contribution in [1.29, 1.82) is 0 Å². The smallest absolute Gasteiger partial charge is 0.274 e. The second-order valence-electron chi connectivity index (χ2n) is 3.31. The first-order valence-electron chi connectivity index (χ1n) is 4.85. The Morgan fingerprint density at radius 1 is 1.19 bits per heavy atom. The SMILES string of the molecule is COc1ccc(C(F)(F)CCN)cc1OC. The molecule has 1 aromatic carbocycles. The first-order valence-corrected chi connectivity index (χ1v) is 4.85. The van der Waals surface area contributed by atoms with Gasteiger partial charge in [0, 0.05) is 12.0 Å². The van der Waals surface area contributed by atoms with Crippen LogP contribution in [0.3, 0.4) is 0 Å². The fourth-order valence-corrected chi connectivity index (χ4v) is 1.39. The molecule has 0 bridgehead atoms. The first-order chi connectivity index (χ1) is 7.55. The second kappa shape index (κ2) is 5.12. The molecule has 1 aromatic rings. The average Bonchev–Trinajstić information content (AvgIpc) is 2.28. The van der Waals surface area contributed by atoms with Gasteiger partial charge in [-0.05, 0) is 24.7 Å². The van der Waals surface area contributed by atoms with Crippen molar-refractivity contribution in [2.24, 2.45) is 5.73 Å². The lowest BCUT2D eigenvalue weighted by Gasteiger charge is -2.17. The maximum Gasteiger partial charge on any atom is 0.274 e. The molecule has 0 radical (unpaired) electrons. The zero-order valence-corrected chi connectivity index (χ0v) is 9.30. The van der Waals surface area contributed by atoms with Crippen LogP contribution in [-0.4, -0.2) is 20.8 Å². The van der Waals surface area contributed by atoms with Gasteiger partial charge in [-0.25, -0.2) is 8.78 Å². The molecule has 1 rings (SSSR count). The largest absolute Gasteiger partial charge is 0.493 e. The minimum atomic E-state index is -2.94. The van der Waals surface area contributed by atoms with Crippen molar-refractivity contribution in [3.63, 3.8) is 0 Å². The van der Waals surface area contributed by atoms with Gasteiger partial charge in [0.15, 0.2) is 11.5 Å². The molecular weight excluding hydrogens is 216 g/mol. The van der Waals surface area contributed by atoms with Gasteiger partial charge in [0.25, 0.3) is 5.92 Å². The summed E-state index contributed by atoms with van der Waals surface area (Å²) in [6.07, 6.45) is -0.386. The Kier molecular flexibility index (Phi) is 4.06. The third-order valence-corrected chi connectivity index (χ3v) is 2.26. The molecular formula is C11H15F2NO2. The summed E-state index contributed by atoms with van der Waals surface area (Å²) < 4.78 is 37.0. The monoisotopic (exact) mass is 231 g/mol. The number of nitrogens with two attached hydrogens (primary N) is 1. The van der Waals surface area contributed by atoms with Crippen LogP contribution in [0.15, 0.2) is 18.2 Å². The fraction of sp³-hybridized carbons (Fsp3) is 0.455. The molecule has 0 heterocycles. The van der Waals surface area contributed by atoms with Crippen LogP contribution < -0.4 is 15.2 Å². The van der Waals surface area contributed by atoms with E-state index in [1.54, 1.807) is 0 Å². The van der Waals surface area contributed by atoms with Gasteiger partial charge >= 0.3 is 0 Å². The summed E-state index contributed by atoms with van der Waals surface area (Å²) in [5, 5.41) is 0. The van der Waals surface area contributed by atoms with Crippen LogP contribution in [0.25, 0.3) is 0 Å². The molecule has 3 nitrogen and oxygen atoms in total. The molecule has 90 valence electrons. The lowest BCUT2D eigenvalue weighted by Crippen LogP contribution is -2.18. The van der Waals surface area contributed by atoms with E-state index in [1.807, 2.05) is 0 Å². The third kappa shape index (κ3) is 2.61. The normalized spacial score (nSPS) is 11.3. The first kappa shape index (κ1) is 12.7. The Hall–Kier alpha value is -1.36. The summed E-state index contributed by atoms with van der Waals surface area (Å²) >= 11 is 0. The predicted molar refractivity (Wildman–Crippen MR) is 57.1 cm³/mol. The summed E-state index contributed by atoms with van der Waals surface area (Å²) in [5.41, 5.74) is 5.03. The van der Waals surface area contributed by atoms with Crippen molar-refractivity contribution in [2.75, 3.05) is 20.8 Å². The number of halogens is 2. The van der Waals surface area contributed by atoms with E-state index in [9.17, 15) is 8.78 Å². The Balaban J connectivity index is 3.07. The Morgan fingerprint density at radius 3 is 2.31 bits per heavy atom. The molecule has 5 heteroatoms. The molecule has 2 N–H and O–H groups in total. The van der Waals surface area contributed by atoms with Crippen LogP contribution in [-0.2, 0) is 5.92 Å². The van der Waals surface area contributed by atoms with E-state index in [1.165, 1.54) is 32.4 Å². The van der Waals surface area contributed by atoms with Crippen molar-refractivity contribution in [3.05, 3.63) is 23.8 Å². The topological polar surface area (TPSA) is 44.5 Å². The van der Waals surface area contributed by atoms with Crippen molar-refractivity contribution in [1.82, 2.24) is 0 Å². The van der Waals surface area contributed by atoms with Crippen LogP contribution in [0.4, 0.5) is 8.78 Å². The number of methoxy groups -OCH3 is 2. The van der Waals surface area contributed by atoms with Gasteiger partial charge < -0.3 is 15.2 Å². The summed E-state index contributed by atoms with van der Waals surface area (Å²) in [7, 11) is 2.86. The summed E-state index contributed by atoms with van der Waals surface area (Å²) in [6.45, 7) is -0.0681. The third-order valence-electron chi connectivity index (χ3n) is 2.26. The molecule has 0 saturated heterocycles. The van der Waals surface area contributed by atoms with Gasteiger partial charge in [0.2, 0.25) is 0 Å². The molecule has 0 saturated carbocycles. The number of rotatable bonds is 5. The summed E-state index contributed by atoms with van der Waals surface area (Å²) in [4.78, 5) is 0. The van der Waals surface area contributed by atoms with Crippen molar-refractivity contribution < 1.29 is 18.3 Å². The van der Waals surface area contributed by atoms with Gasteiger partial charge in [-0.1, -0.05) is 0 Å². The van der Waals surface area contributed by atoms with Crippen LogP contribution >= 0.6 is 0 Å². The minimum Gasteiger partial charge on any atom is -0.493 e. The van der Waals surface area contributed by atoms with E-state index in [4.69, 9.17) is 15.2 Å². The molecule has 0 atom stereocenters. The second-order valence-corrected chi connectivity index (χ2v) is 3.31. The molecule has 0 aromatic heterocycles. The average molecular weight is 231 g/mol. The molecule has 16 heavy (non-hydrogen) atoms. The van der Waals surface area contributed by atoms with E-state index in [-0.39, 0.29) is 24.3 Å². The number of ether oxygens (including phenoxy) is 2. The van der Waals surface area contributed by atoms with Crippen molar-refractivity contribution in [2.45, 2.75) is 12.3 Å². The van der Waals surface area contributed by atoms with E-state index >= 15 is 0 Å². The Bertz CT molecular complexity index is 356. The minimum absolute atomic E-state index is 0.0681.